The molecule has 4 N–H and O–H groups in total. The molecule has 0 saturated carbocycles. The van der Waals surface area contributed by atoms with Crippen molar-refractivity contribution in [1.29, 1.82) is 0 Å². The first-order valence-corrected chi connectivity index (χ1v) is 12.3. The molecule has 5 rings (SSSR count). The second kappa shape index (κ2) is 10.1. The van der Waals surface area contributed by atoms with Gasteiger partial charge in [0.2, 0.25) is 5.91 Å². The fourth-order valence-corrected chi connectivity index (χ4v) is 5.19. The van der Waals surface area contributed by atoms with Crippen LogP contribution in [-0.2, 0) is 6.54 Å². The Kier molecular flexibility index (Phi) is 6.69. The Bertz CT molecular complexity index is 1560. The summed E-state index contributed by atoms with van der Waals surface area (Å²) in [5.74, 6) is 0.147. The number of nitrogens with two attached hydrogens (primary N) is 1. The summed E-state index contributed by atoms with van der Waals surface area (Å²) in [5, 5.41) is 24.9. The third-order valence-electron chi connectivity index (χ3n) is 6.82. The highest BCUT2D eigenvalue weighted by atomic mass is 16.5. The predicted molar refractivity (Wildman–Crippen MR) is 145 cm³/mol. The van der Waals surface area contributed by atoms with E-state index < -0.39 is 5.91 Å². The van der Waals surface area contributed by atoms with Gasteiger partial charge in [-0.15, -0.1) is 0 Å². The third-order valence-corrected chi connectivity index (χ3v) is 6.82. The largest absolute Gasteiger partial charge is 0.395 e. The van der Waals surface area contributed by atoms with Gasteiger partial charge in [0, 0.05) is 52.7 Å². The fraction of sp³-hybridized carbons (Fsp3) is 0.241. The number of anilines is 1. The van der Waals surface area contributed by atoms with Crippen LogP contribution in [0.15, 0.2) is 65.2 Å². The Labute approximate surface area is 214 Å². The number of benzene rings is 3. The molecule has 0 bridgehead atoms. The first-order chi connectivity index (χ1) is 17.9. The maximum atomic E-state index is 12.8. The molecule has 5 aromatic rings. The number of hydrogen-bond donors (Lipinski definition) is 3. The molecule has 0 aliphatic carbocycles. The maximum absolute atomic E-state index is 12.8. The molecule has 1 amide bonds. The Morgan fingerprint density at radius 3 is 2.35 bits per heavy atom. The Morgan fingerprint density at radius 1 is 1.00 bits per heavy atom. The van der Waals surface area contributed by atoms with Crippen molar-refractivity contribution < 1.29 is 19.5 Å². The summed E-state index contributed by atoms with van der Waals surface area (Å²) >= 11 is 0. The highest BCUT2D eigenvalue weighted by Crippen LogP contribution is 2.39. The van der Waals surface area contributed by atoms with Gasteiger partial charge in [-0.2, -0.15) is 0 Å². The highest BCUT2D eigenvalue weighted by Gasteiger charge is 2.22. The number of aromatic nitrogens is 2. The molecule has 0 atom stereocenters. The molecule has 0 spiro atoms. The summed E-state index contributed by atoms with van der Waals surface area (Å²) in [4.78, 5) is 14.8. The van der Waals surface area contributed by atoms with Crippen LogP contribution in [0, 0.1) is 13.8 Å². The molecule has 0 aliphatic heterocycles. The number of amides is 1. The number of hydrogen-bond acceptors (Lipinski definition) is 6. The Hall–Kier alpha value is -4.14. The van der Waals surface area contributed by atoms with Crippen LogP contribution < -0.4 is 10.6 Å². The van der Waals surface area contributed by atoms with E-state index in [2.05, 4.69) is 27.9 Å². The van der Waals surface area contributed by atoms with Gasteiger partial charge in [-0.25, -0.2) is 0 Å². The van der Waals surface area contributed by atoms with Crippen molar-refractivity contribution in [2.75, 3.05) is 31.2 Å². The van der Waals surface area contributed by atoms with Crippen LogP contribution in [0.5, 0.6) is 0 Å². The summed E-state index contributed by atoms with van der Waals surface area (Å²) in [6.45, 7) is 5.01. The molecule has 2 aromatic heterocycles. The number of primary amides is 1. The first kappa shape index (κ1) is 24.5. The van der Waals surface area contributed by atoms with E-state index in [1.165, 1.54) is 0 Å². The molecule has 37 heavy (non-hydrogen) atoms. The maximum Gasteiger partial charge on any atom is 0.249 e. The molecule has 3 aromatic carbocycles. The number of aryl methyl sites for hydroxylation is 2. The van der Waals surface area contributed by atoms with Gasteiger partial charge in [-0.1, -0.05) is 35.5 Å². The monoisotopic (exact) mass is 498 g/mol. The normalized spacial score (nSPS) is 11.5. The van der Waals surface area contributed by atoms with Gasteiger partial charge < -0.3 is 29.9 Å². The molecular weight excluding hydrogens is 468 g/mol. The zero-order chi connectivity index (χ0) is 26.1. The molecule has 0 unspecified atom stereocenters. The summed E-state index contributed by atoms with van der Waals surface area (Å²) in [6, 6.07) is 20.0. The van der Waals surface area contributed by atoms with E-state index in [9.17, 15) is 15.0 Å². The van der Waals surface area contributed by atoms with E-state index in [4.69, 9.17) is 10.3 Å². The minimum Gasteiger partial charge on any atom is -0.395 e. The molecule has 190 valence electrons. The fourth-order valence-electron chi connectivity index (χ4n) is 5.19. The minimum absolute atomic E-state index is 0.0405. The van der Waals surface area contributed by atoms with Crippen LogP contribution in [-0.4, -0.2) is 52.1 Å². The van der Waals surface area contributed by atoms with E-state index in [-0.39, 0.29) is 13.2 Å². The van der Waals surface area contributed by atoms with Crippen LogP contribution >= 0.6 is 0 Å². The van der Waals surface area contributed by atoms with E-state index in [0.717, 1.165) is 49.9 Å². The molecule has 0 saturated heterocycles. The molecule has 0 fully saturated rings. The number of fused-ring (bicyclic) bond motifs is 3. The van der Waals surface area contributed by atoms with E-state index in [1.807, 2.05) is 61.2 Å². The topological polar surface area (TPSA) is 118 Å². The number of carbonyl (C=O) groups excluding carboxylic acids is 1. The summed E-state index contributed by atoms with van der Waals surface area (Å²) in [6.07, 6.45) is 0. The van der Waals surface area contributed by atoms with E-state index >= 15 is 0 Å². The summed E-state index contributed by atoms with van der Waals surface area (Å²) in [7, 11) is 0. The minimum atomic E-state index is -0.523. The average Bonchev–Trinajstić information content (AvgIpc) is 3.39. The number of aliphatic hydroxyl groups is 2. The molecular formula is C29H30N4O4. The van der Waals surface area contributed by atoms with E-state index in [1.54, 1.807) is 0 Å². The molecule has 0 radical (unpaired) electrons. The van der Waals surface area contributed by atoms with Crippen molar-refractivity contribution in [3.05, 3.63) is 83.2 Å². The van der Waals surface area contributed by atoms with Crippen LogP contribution in [0.25, 0.3) is 32.9 Å². The zero-order valence-corrected chi connectivity index (χ0v) is 20.9. The third kappa shape index (κ3) is 4.45. The first-order valence-electron chi connectivity index (χ1n) is 12.3. The lowest BCUT2D eigenvalue weighted by Crippen LogP contribution is -2.29. The molecule has 8 heteroatoms. The van der Waals surface area contributed by atoms with Crippen LogP contribution in [0.3, 0.4) is 0 Å². The van der Waals surface area contributed by atoms with Crippen molar-refractivity contribution in [3.8, 4) is 11.1 Å². The van der Waals surface area contributed by atoms with Gasteiger partial charge in [0.25, 0.3) is 0 Å². The summed E-state index contributed by atoms with van der Waals surface area (Å²) in [5.41, 5.74) is 12.6. The predicted octanol–water partition coefficient (Wildman–Crippen LogP) is 4.00. The lowest BCUT2D eigenvalue weighted by Gasteiger charge is -2.23. The quantitative estimate of drug-likeness (QED) is 0.283. The highest BCUT2D eigenvalue weighted by molar-refractivity contribution is 6.19. The Balaban J connectivity index is 1.84. The van der Waals surface area contributed by atoms with Crippen molar-refractivity contribution >= 4 is 33.4 Å². The number of nitrogens with zero attached hydrogens (tertiary/aromatic N) is 3. The average molecular weight is 499 g/mol. The number of rotatable bonds is 9. The van der Waals surface area contributed by atoms with E-state index in [0.29, 0.717) is 31.0 Å². The van der Waals surface area contributed by atoms with Crippen LogP contribution in [0.1, 0.15) is 27.4 Å². The van der Waals surface area contributed by atoms with Crippen LogP contribution in [0.4, 0.5) is 5.69 Å². The lowest BCUT2D eigenvalue weighted by molar-refractivity contribution is 0.100. The summed E-state index contributed by atoms with van der Waals surface area (Å²) < 4.78 is 7.61. The van der Waals surface area contributed by atoms with Gasteiger partial charge in [0.15, 0.2) is 0 Å². The van der Waals surface area contributed by atoms with Crippen molar-refractivity contribution in [2.45, 2.75) is 20.4 Å². The van der Waals surface area contributed by atoms with Gasteiger partial charge in [-0.05, 0) is 55.3 Å². The van der Waals surface area contributed by atoms with Crippen molar-refractivity contribution in [1.82, 2.24) is 9.72 Å². The number of aliphatic hydroxyl groups excluding tert-OH is 2. The van der Waals surface area contributed by atoms with Crippen molar-refractivity contribution in [2.24, 2.45) is 5.73 Å². The SMILES string of the molecule is Cc1noc(C)c1-c1cc(C(N)=O)c2c3cc(N(CCO)CCO)ccc3n(Cc3ccccc3)c2c1. The van der Waals surface area contributed by atoms with Gasteiger partial charge >= 0.3 is 0 Å². The second-order valence-corrected chi connectivity index (χ2v) is 9.19. The standard InChI is InChI=1S/C29H30N4O4/c1-18-27(19(2)37-31-18)21-14-24(29(30)36)28-23-16-22(32(10-12-34)11-13-35)8-9-25(23)33(26(28)15-21)17-20-6-4-3-5-7-20/h3-9,14-16,34-35H,10-13,17H2,1-2H3,(H2,30,36). The molecule has 0 aliphatic rings. The molecule has 8 nitrogen and oxygen atoms in total. The smallest absolute Gasteiger partial charge is 0.249 e. The zero-order valence-electron chi connectivity index (χ0n) is 20.9. The van der Waals surface area contributed by atoms with Crippen molar-refractivity contribution in [3.63, 3.8) is 0 Å². The van der Waals surface area contributed by atoms with Gasteiger partial charge in [0.05, 0.1) is 24.4 Å². The van der Waals surface area contributed by atoms with Crippen LogP contribution in [0.2, 0.25) is 0 Å². The lowest BCUT2D eigenvalue weighted by atomic mass is 9.97. The second-order valence-electron chi connectivity index (χ2n) is 9.19. The Morgan fingerprint density at radius 2 is 1.73 bits per heavy atom. The molecule has 2 heterocycles. The number of carbonyl (C=O) groups is 1. The van der Waals surface area contributed by atoms with Gasteiger partial charge in [0.1, 0.15) is 5.76 Å². The van der Waals surface area contributed by atoms with Gasteiger partial charge in [-0.3, -0.25) is 4.79 Å².